The Morgan fingerprint density at radius 3 is 2.90 bits per heavy atom. The van der Waals surface area contributed by atoms with Crippen molar-refractivity contribution < 1.29 is 23.4 Å². The van der Waals surface area contributed by atoms with E-state index in [9.17, 15) is 4.89 Å². The summed E-state index contributed by atoms with van der Waals surface area (Å²) in [5.74, 6) is 1.00. The molecule has 2 aliphatic heterocycles. The van der Waals surface area contributed by atoms with Crippen LogP contribution in [0.15, 0.2) is 41.8 Å². The quantitative estimate of drug-likeness (QED) is 0.427. The van der Waals surface area contributed by atoms with Crippen LogP contribution >= 0.6 is 19.7 Å². The third-order valence-corrected chi connectivity index (χ3v) is 7.80. The molecule has 2 aliphatic rings. The van der Waals surface area contributed by atoms with E-state index in [0.717, 1.165) is 5.56 Å². The van der Waals surface area contributed by atoms with Gasteiger partial charge in [0.05, 0.1) is 0 Å². The molecule has 0 saturated carbocycles. The summed E-state index contributed by atoms with van der Waals surface area (Å²) in [5.41, 5.74) is 8.30. The van der Waals surface area contributed by atoms with Gasteiger partial charge in [0, 0.05) is 0 Å². The third-order valence-electron chi connectivity index (χ3n) is 5.37. The van der Waals surface area contributed by atoms with Gasteiger partial charge in [0.25, 0.3) is 0 Å². The standard InChI is InChI=1S/C19H24N5O5PS/c1-26-15-14-12(8-27-30(2,25)29-14)28-18(15)24-17-13(16(20)21-10-22-17)23-19(24)31-9-11-6-4-3-5-7-11/h3-7,10,12,14-15,18,25,30H,8-9H2,1-2H3,(H2,20,21,22)/t12-,14?,15?,18?/m1/s1. The molecule has 2 aromatic heterocycles. The molecule has 0 bridgehead atoms. The first-order chi connectivity index (χ1) is 15.0. The van der Waals surface area contributed by atoms with E-state index in [1.54, 1.807) is 25.5 Å². The average Bonchev–Trinajstić information content (AvgIpc) is 3.30. The summed E-state index contributed by atoms with van der Waals surface area (Å²) in [7, 11) is -1.63. The summed E-state index contributed by atoms with van der Waals surface area (Å²) in [6, 6.07) is 10.1. The summed E-state index contributed by atoms with van der Waals surface area (Å²) >= 11 is 1.55. The van der Waals surface area contributed by atoms with Crippen molar-refractivity contribution in [1.29, 1.82) is 0 Å². The van der Waals surface area contributed by atoms with Gasteiger partial charge in [-0.15, -0.1) is 0 Å². The Morgan fingerprint density at radius 1 is 1.32 bits per heavy atom. The summed E-state index contributed by atoms with van der Waals surface area (Å²) < 4.78 is 25.3. The third kappa shape index (κ3) is 3.91. The van der Waals surface area contributed by atoms with Gasteiger partial charge in [0.15, 0.2) is 0 Å². The number of nitrogen functional groups attached to an aromatic ring is 1. The van der Waals surface area contributed by atoms with E-state index in [1.807, 2.05) is 22.8 Å². The van der Waals surface area contributed by atoms with Gasteiger partial charge in [0.2, 0.25) is 0 Å². The maximum atomic E-state index is 10.3. The van der Waals surface area contributed by atoms with E-state index in [4.69, 9.17) is 29.2 Å². The summed E-state index contributed by atoms with van der Waals surface area (Å²) in [5, 5.41) is 0.682. The van der Waals surface area contributed by atoms with Gasteiger partial charge in [-0.1, -0.05) is 0 Å². The van der Waals surface area contributed by atoms with E-state index in [1.165, 1.54) is 6.33 Å². The monoisotopic (exact) mass is 465 g/mol. The predicted octanol–water partition coefficient (Wildman–Crippen LogP) is 2.15. The molecule has 5 rings (SSSR count). The maximum absolute atomic E-state index is 10.3. The van der Waals surface area contributed by atoms with Crippen molar-refractivity contribution in [2.24, 2.45) is 0 Å². The topological polar surface area (TPSA) is 127 Å². The Morgan fingerprint density at radius 2 is 2.13 bits per heavy atom. The molecule has 1 aromatic carbocycles. The molecule has 0 spiro atoms. The van der Waals surface area contributed by atoms with Gasteiger partial charge >= 0.3 is 183 Å². The predicted molar refractivity (Wildman–Crippen MR) is 118 cm³/mol. The van der Waals surface area contributed by atoms with Crippen LogP contribution in [0.25, 0.3) is 11.2 Å². The zero-order valence-electron chi connectivity index (χ0n) is 17.0. The minimum atomic E-state index is -3.22. The molecule has 0 aliphatic carbocycles. The Labute approximate surface area is 183 Å². The van der Waals surface area contributed by atoms with E-state index in [0.29, 0.717) is 27.9 Å². The number of thioether (sulfide) groups is 1. The molecule has 4 heterocycles. The summed E-state index contributed by atoms with van der Waals surface area (Å²) in [4.78, 5) is 23.6. The van der Waals surface area contributed by atoms with Gasteiger partial charge in [-0.2, -0.15) is 0 Å². The zero-order chi connectivity index (χ0) is 21.6. The fourth-order valence-corrected chi connectivity index (χ4v) is 6.23. The van der Waals surface area contributed by atoms with Crippen LogP contribution in [0.3, 0.4) is 0 Å². The van der Waals surface area contributed by atoms with E-state index >= 15 is 0 Å². The number of hydrogen-bond acceptors (Lipinski definition) is 10. The van der Waals surface area contributed by atoms with Crippen molar-refractivity contribution in [3.8, 4) is 0 Å². The molecular weight excluding hydrogens is 441 g/mol. The number of ether oxygens (including phenoxy) is 2. The second-order valence-corrected chi connectivity index (χ2v) is 10.8. The normalized spacial score (nSPS) is 28.5. The Bertz CT molecular complexity index is 1080. The molecule has 12 heteroatoms. The molecule has 10 nitrogen and oxygen atoms in total. The summed E-state index contributed by atoms with van der Waals surface area (Å²) in [6.45, 7) is 1.82. The van der Waals surface area contributed by atoms with Crippen LogP contribution in [-0.2, 0) is 24.3 Å². The van der Waals surface area contributed by atoms with Crippen LogP contribution in [0.1, 0.15) is 11.8 Å². The van der Waals surface area contributed by atoms with Crippen LogP contribution in [0, 0.1) is 0 Å². The molecule has 0 amide bonds. The molecule has 166 valence electrons. The van der Waals surface area contributed by atoms with Crippen LogP contribution in [0.5, 0.6) is 0 Å². The first-order valence-corrected chi connectivity index (χ1v) is 13.1. The van der Waals surface area contributed by atoms with Crippen LogP contribution in [0.2, 0.25) is 0 Å². The fraction of sp³-hybridized carbons (Fsp3) is 0.421. The zero-order valence-corrected chi connectivity index (χ0v) is 18.9. The number of methoxy groups -OCH3 is 1. The number of fused-ring (bicyclic) bond motifs is 2. The number of anilines is 1. The molecule has 3 N–H and O–H groups in total. The molecule has 2 fully saturated rings. The van der Waals surface area contributed by atoms with Crippen molar-refractivity contribution in [2.75, 3.05) is 26.1 Å². The van der Waals surface area contributed by atoms with Gasteiger partial charge in [-0.05, 0) is 0 Å². The van der Waals surface area contributed by atoms with Crippen molar-refractivity contribution in [2.45, 2.75) is 35.4 Å². The Kier molecular flexibility index (Phi) is 5.59. The van der Waals surface area contributed by atoms with Crippen molar-refractivity contribution in [3.63, 3.8) is 0 Å². The molecule has 2 saturated heterocycles. The van der Waals surface area contributed by atoms with Crippen LogP contribution in [0.4, 0.5) is 5.82 Å². The first-order valence-electron chi connectivity index (χ1n) is 9.84. The number of benzene rings is 1. The number of aromatic nitrogens is 4. The number of nitrogens with two attached hydrogens (primary N) is 1. The van der Waals surface area contributed by atoms with E-state index in [2.05, 4.69) is 22.1 Å². The van der Waals surface area contributed by atoms with E-state index in [-0.39, 0.29) is 12.7 Å². The second kappa shape index (κ2) is 8.25. The molecule has 4 atom stereocenters. The summed E-state index contributed by atoms with van der Waals surface area (Å²) in [6.07, 6.45) is -0.510. The number of imidazole rings is 1. The van der Waals surface area contributed by atoms with Crippen molar-refractivity contribution >= 4 is 36.7 Å². The molecule has 3 unspecified atom stereocenters. The second-order valence-electron chi connectivity index (χ2n) is 7.53. The average molecular weight is 465 g/mol. The van der Waals surface area contributed by atoms with Crippen molar-refractivity contribution in [3.05, 3.63) is 42.2 Å². The van der Waals surface area contributed by atoms with Gasteiger partial charge < -0.3 is 0 Å². The van der Waals surface area contributed by atoms with E-state index < -0.39 is 26.4 Å². The molecule has 3 aromatic rings. The van der Waals surface area contributed by atoms with Crippen LogP contribution in [-0.4, -0.2) is 63.1 Å². The number of rotatable bonds is 5. The Balaban J connectivity index is 1.54. The molecule has 0 radical (unpaired) electrons. The first kappa shape index (κ1) is 21.0. The van der Waals surface area contributed by atoms with Gasteiger partial charge in [-0.3, -0.25) is 0 Å². The van der Waals surface area contributed by atoms with Crippen LogP contribution < -0.4 is 5.73 Å². The van der Waals surface area contributed by atoms with Gasteiger partial charge in [0.1, 0.15) is 0 Å². The molecule has 31 heavy (non-hydrogen) atoms. The fourth-order valence-electron chi connectivity index (χ4n) is 3.93. The van der Waals surface area contributed by atoms with Gasteiger partial charge in [-0.25, -0.2) is 0 Å². The molecular formula is C19H24N5O5PS. The minimum absolute atomic E-state index is 0.233. The number of hydrogen-bond donors (Lipinski definition) is 2. The number of nitrogens with zero attached hydrogens (tertiary/aromatic N) is 4. The SMILES string of the molecule is COC1C2O[PH](C)(O)OC[C@H]2OC1n1c(SCc2ccccc2)nc2c(N)ncnc21. The van der Waals surface area contributed by atoms with Crippen molar-refractivity contribution in [1.82, 2.24) is 19.5 Å². The Hall–Kier alpha value is -1.85.